The highest BCUT2D eigenvalue weighted by Gasteiger charge is 2.46. The molecule has 1 saturated heterocycles. The van der Waals surface area contributed by atoms with Crippen LogP contribution in [-0.4, -0.2) is 18.4 Å². The smallest absolute Gasteiger partial charge is 0.235 e. The van der Waals surface area contributed by atoms with E-state index < -0.39 is 5.41 Å². The number of carbonyl (C=O) groups is 2. The first-order chi connectivity index (χ1) is 8.22. The maximum absolute atomic E-state index is 12.2. The second kappa shape index (κ2) is 3.58. The number of nitrogens with one attached hydrogen (secondary N) is 2. The molecule has 0 radical (unpaired) electrons. The van der Waals surface area contributed by atoms with E-state index >= 15 is 0 Å². The molecule has 1 atom stereocenters. The van der Waals surface area contributed by atoms with Crippen molar-refractivity contribution in [3.8, 4) is 0 Å². The van der Waals surface area contributed by atoms with Crippen LogP contribution in [0.15, 0.2) is 24.3 Å². The molecule has 0 aromatic heterocycles. The van der Waals surface area contributed by atoms with Gasteiger partial charge in [0.2, 0.25) is 11.8 Å². The van der Waals surface area contributed by atoms with Crippen LogP contribution in [0, 0.1) is 0 Å². The molecule has 1 aromatic carbocycles. The third-order valence-electron chi connectivity index (χ3n) is 3.78. The number of hydrogen-bond acceptors (Lipinski definition) is 2. The quantitative estimate of drug-likeness (QED) is 0.703. The number of rotatable bonds is 0. The van der Waals surface area contributed by atoms with Gasteiger partial charge in [0, 0.05) is 18.7 Å². The number of benzene rings is 1. The number of anilines is 1. The van der Waals surface area contributed by atoms with Crippen LogP contribution in [0.4, 0.5) is 5.69 Å². The summed E-state index contributed by atoms with van der Waals surface area (Å²) in [6.45, 7) is 0.570. The molecule has 17 heavy (non-hydrogen) atoms. The second-order valence-corrected chi connectivity index (χ2v) is 4.68. The Morgan fingerprint density at radius 2 is 1.94 bits per heavy atom. The van der Waals surface area contributed by atoms with Gasteiger partial charge in [-0.1, -0.05) is 18.2 Å². The van der Waals surface area contributed by atoms with Gasteiger partial charge in [-0.05, 0) is 24.5 Å². The number of hydrogen-bond donors (Lipinski definition) is 2. The van der Waals surface area contributed by atoms with Gasteiger partial charge in [-0.2, -0.15) is 0 Å². The lowest BCUT2D eigenvalue weighted by Crippen LogP contribution is -2.35. The van der Waals surface area contributed by atoms with E-state index in [1.54, 1.807) is 0 Å². The molecule has 1 spiro atoms. The van der Waals surface area contributed by atoms with Crippen LogP contribution in [-0.2, 0) is 15.0 Å². The summed E-state index contributed by atoms with van der Waals surface area (Å²) in [5.74, 6) is 0.0780. The van der Waals surface area contributed by atoms with E-state index in [0.717, 1.165) is 11.3 Å². The van der Waals surface area contributed by atoms with Gasteiger partial charge in [-0.25, -0.2) is 0 Å². The van der Waals surface area contributed by atoms with Crippen molar-refractivity contribution in [2.75, 3.05) is 11.9 Å². The van der Waals surface area contributed by atoms with E-state index in [9.17, 15) is 9.59 Å². The van der Waals surface area contributed by atoms with E-state index in [0.29, 0.717) is 25.8 Å². The molecule has 4 nitrogen and oxygen atoms in total. The summed E-state index contributed by atoms with van der Waals surface area (Å²) < 4.78 is 0. The van der Waals surface area contributed by atoms with Crippen LogP contribution in [0.5, 0.6) is 0 Å². The van der Waals surface area contributed by atoms with E-state index in [2.05, 4.69) is 10.6 Å². The van der Waals surface area contributed by atoms with Crippen LogP contribution >= 0.6 is 0 Å². The fourth-order valence-electron chi connectivity index (χ4n) is 2.83. The molecule has 2 amide bonds. The summed E-state index contributed by atoms with van der Waals surface area (Å²) in [6, 6.07) is 7.77. The third kappa shape index (κ3) is 1.44. The minimum atomic E-state index is -0.504. The summed E-state index contributed by atoms with van der Waals surface area (Å²) >= 11 is 0. The predicted octanol–water partition coefficient (Wildman–Crippen LogP) is 1.18. The highest BCUT2D eigenvalue weighted by atomic mass is 16.2. The molecule has 1 aromatic rings. The summed E-state index contributed by atoms with van der Waals surface area (Å²) in [6.07, 6.45) is 1.70. The molecule has 0 saturated carbocycles. The summed E-state index contributed by atoms with van der Waals surface area (Å²) in [5.41, 5.74) is 1.43. The Hall–Kier alpha value is -1.84. The molecular weight excluding hydrogens is 216 g/mol. The summed E-state index contributed by atoms with van der Waals surface area (Å²) in [5, 5.41) is 5.75. The highest BCUT2D eigenvalue weighted by Crippen LogP contribution is 2.43. The summed E-state index contributed by atoms with van der Waals surface area (Å²) in [7, 11) is 0. The van der Waals surface area contributed by atoms with Gasteiger partial charge in [0.15, 0.2) is 0 Å². The number of amides is 2. The average Bonchev–Trinajstić information content (AvgIpc) is 2.48. The molecule has 2 heterocycles. The second-order valence-electron chi connectivity index (χ2n) is 4.68. The topological polar surface area (TPSA) is 58.2 Å². The fraction of sp³-hybridized carbons (Fsp3) is 0.385. The van der Waals surface area contributed by atoms with Gasteiger partial charge in [-0.3, -0.25) is 9.59 Å². The molecule has 2 N–H and O–H groups in total. The average molecular weight is 230 g/mol. The van der Waals surface area contributed by atoms with Gasteiger partial charge in [-0.15, -0.1) is 0 Å². The predicted molar refractivity (Wildman–Crippen MR) is 63.6 cm³/mol. The van der Waals surface area contributed by atoms with Gasteiger partial charge >= 0.3 is 0 Å². The number of fused-ring (bicyclic) bond motifs is 2. The van der Waals surface area contributed by atoms with E-state index in [1.165, 1.54) is 0 Å². The maximum Gasteiger partial charge on any atom is 0.235 e. The summed E-state index contributed by atoms with van der Waals surface area (Å²) in [4.78, 5) is 23.6. The molecule has 4 heteroatoms. The lowest BCUT2D eigenvalue weighted by molar-refractivity contribution is -0.121. The molecule has 88 valence electrons. The van der Waals surface area contributed by atoms with Crippen molar-refractivity contribution in [3.05, 3.63) is 29.8 Å². The molecular formula is C13H14N2O2. The zero-order chi connectivity index (χ0) is 11.9. The molecule has 0 aliphatic carbocycles. The number of para-hydroxylation sites is 1. The Labute approximate surface area is 99.4 Å². The van der Waals surface area contributed by atoms with E-state index in [-0.39, 0.29) is 11.8 Å². The van der Waals surface area contributed by atoms with Crippen molar-refractivity contribution in [2.45, 2.75) is 24.7 Å². The van der Waals surface area contributed by atoms with E-state index in [4.69, 9.17) is 0 Å². The SMILES string of the molecule is O=C1CCC2(CCN1)C(=O)Nc1ccccc12. The van der Waals surface area contributed by atoms with Gasteiger partial charge < -0.3 is 10.6 Å². The lowest BCUT2D eigenvalue weighted by Gasteiger charge is -2.24. The van der Waals surface area contributed by atoms with Crippen LogP contribution in [0.1, 0.15) is 24.8 Å². The number of carbonyl (C=O) groups excluding carboxylic acids is 2. The van der Waals surface area contributed by atoms with Gasteiger partial charge in [0.1, 0.15) is 0 Å². The first-order valence-corrected chi connectivity index (χ1v) is 5.90. The standard InChI is InChI=1S/C13H14N2O2/c16-11-5-6-13(7-8-14-11)9-3-1-2-4-10(9)15-12(13)17/h1-4H,5-8H2,(H,14,16)(H,15,17). The van der Waals surface area contributed by atoms with Crippen LogP contribution in [0.25, 0.3) is 0 Å². The normalized spacial score (nSPS) is 27.3. The minimum Gasteiger partial charge on any atom is -0.356 e. The Morgan fingerprint density at radius 3 is 2.82 bits per heavy atom. The molecule has 1 unspecified atom stereocenters. The van der Waals surface area contributed by atoms with Gasteiger partial charge in [0.05, 0.1) is 5.41 Å². The third-order valence-corrected chi connectivity index (χ3v) is 3.78. The largest absolute Gasteiger partial charge is 0.356 e. The van der Waals surface area contributed by atoms with Crippen molar-refractivity contribution in [2.24, 2.45) is 0 Å². The van der Waals surface area contributed by atoms with Crippen LogP contribution in [0.2, 0.25) is 0 Å². The van der Waals surface area contributed by atoms with Crippen molar-refractivity contribution in [1.82, 2.24) is 5.32 Å². The highest BCUT2D eigenvalue weighted by molar-refractivity contribution is 6.06. The van der Waals surface area contributed by atoms with Crippen molar-refractivity contribution >= 4 is 17.5 Å². The van der Waals surface area contributed by atoms with Crippen LogP contribution < -0.4 is 10.6 Å². The molecule has 2 aliphatic rings. The Morgan fingerprint density at radius 1 is 1.12 bits per heavy atom. The Balaban J connectivity index is 2.06. The Bertz CT molecular complexity index is 498. The zero-order valence-electron chi connectivity index (χ0n) is 9.45. The molecule has 0 bridgehead atoms. The molecule has 1 fully saturated rings. The van der Waals surface area contributed by atoms with Crippen molar-refractivity contribution in [3.63, 3.8) is 0 Å². The minimum absolute atomic E-state index is 0.0372. The van der Waals surface area contributed by atoms with E-state index in [1.807, 2.05) is 24.3 Å². The lowest BCUT2D eigenvalue weighted by atomic mass is 9.75. The fourth-order valence-corrected chi connectivity index (χ4v) is 2.83. The monoisotopic (exact) mass is 230 g/mol. The first-order valence-electron chi connectivity index (χ1n) is 5.90. The molecule has 2 aliphatic heterocycles. The maximum atomic E-state index is 12.2. The van der Waals surface area contributed by atoms with Crippen LogP contribution in [0.3, 0.4) is 0 Å². The Kier molecular flexibility index (Phi) is 2.18. The molecule has 3 rings (SSSR count). The zero-order valence-corrected chi connectivity index (χ0v) is 9.45. The van der Waals surface area contributed by atoms with Gasteiger partial charge in [0.25, 0.3) is 0 Å². The first kappa shape index (κ1) is 10.3. The van der Waals surface area contributed by atoms with Crippen molar-refractivity contribution < 1.29 is 9.59 Å². The van der Waals surface area contributed by atoms with Crippen molar-refractivity contribution in [1.29, 1.82) is 0 Å².